The Balaban J connectivity index is 1.76. The fraction of sp³-hybridized carbons (Fsp3) is 0.360. The summed E-state index contributed by atoms with van der Waals surface area (Å²) < 4.78 is 10.3. The Kier molecular flexibility index (Phi) is 4.12. The van der Waals surface area contributed by atoms with E-state index in [-0.39, 0.29) is 17.8 Å². The van der Waals surface area contributed by atoms with Crippen LogP contribution in [0.3, 0.4) is 0 Å². The summed E-state index contributed by atoms with van der Waals surface area (Å²) in [5.74, 6) is -0.814. The van der Waals surface area contributed by atoms with E-state index in [9.17, 15) is 9.59 Å². The third-order valence-electron chi connectivity index (χ3n) is 7.14. The molecule has 0 aliphatic heterocycles. The quantitative estimate of drug-likeness (QED) is 0.427. The van der Waals surface area contributed by atoms with E-state index in [2.05, 4.69) is 48.6 Å². The lowest BCUT2D eigenvalue weighted by molar-refractivity contribution is -0.173. The Labute approximate surface area is 170 Å². The van der Waals surface area contributed by atoms with Gasteiger partial charge in [0.25, 0.3) is 0 Å². The molecule has 0 aromatic heterocycles. The Morgan fingerprint density at radius 3 is 2.55 bits per heavy atom. The van der Waals surface area contributed by atoms with Gasteiger partial charge < -0.3 is 9.47 Å². The molecule has 3 atom stereocenters. The summed E-state index contributed by atoms with van der Waals surface area (Å²) >= 11 is 0. The molecule has 3 aliphatic carbocycles. The third kappa shape index (κ3) is 2.38. The number of methoxy groups -OCH3 is 2. The van der Waals surface area contributed by atoms with Gasteiger partial charge in [0.2, 0.25) is 0 Å². The molecule has 0 heterocycles. The second-order valence-corrected chi connectivity index (χ2v) is 8.30. The van der Waals surface area contributed by atoms with Crippen molar-refractivity contribution in [2.24, 2.45) is 17.3 Å². The highest BCUT2D eigenvalue weighted by atomic mass is 16.5. The average Bonchev–Trinajstić information content (AvgIpc) is 2.92. The van der Waals surface area contributed by atoms with Gasteiger partial charge in [-0.05, 0) is 53.0 Å². The molecule has 5 rings (SSSR count). The minimum absolute atomic E-state index is 0.112. The minimum Gasteiger partial charge on any atom is -0.468 e. The largest absolute Gasteiger partial charge is 0.468 e. The molecule has 0 bridgehead atoms. The zero-order chi connectivity index (χ0) is 20.2. The van der Waals surface area contributed by atoms with Gasteiger partial charge in [-0.3, -0.25) is 9.59 Å². The summed E-state index contributed by atoms with van der Waals surface area (Å²) in [6.07, 6.45) is 8.67. The molecule has 4 heteroatoms. The predicted octanol–water partition coefficient (Wildman–Crippen LogP) is 4.64. The highest BCUT2D eigenvalue weighted by Crippen LogP contribution is 2.61. The number of carbonyl (C=O) groups excluding carboxylic acids is 2. The van der Waals surface area contributed by atoms with Crippen LogP contribution in [0.1, 0.15) is 36.3 Å². The van der Waals surface area contributed by atoms with E-state index in [1.807, 2.05) is 6.07 Å². The van der Waals surface area contributed by atoms with Crippen LogP contribution < -0.4 is 0 Å². The van der Waals surface area contributed by atoms with Gasteiger partial charge >= 0.3 is 11.9 Å². The summed E-state index contributed by atoms with van der Waals surface area (Å²) in [4.78, 5) is 26.0. The monoisotopic (exact) mass is 388 g/mol. The highest BCUT2D eigenvalue weighted by Gasteiger charge is 2.63. The molecule has 0 saturated heterocycles. The Bertz CT molecular complexity index is 1060. The van der Waals surface area contributed by atoms with Crippen molar-refractivity contribution in [2.45, 2.75) is 25.2 Å². The molecule has 148 valence electrons. The third-order valence-corrected chi connectivity index (χ3v) is 7.14. The number of hydrogen-bond acceptors (Lipinski definition) is 4. The molecule has 1 saturated carbocycles. The molecular weight excluding hydrogens is 364 g/mol. The first kappa shape index (κ1) is 18.2. The summed E-state index contributed by atoms with van der Waals surface area (Å²) in [5.41, 5.74) is 2.37. The number of ether oxygens (including phenoxy) is 2. The number of rotatable bonds is 2. The van der Waals surface area contributed by atoms with Crippen molar-refractivity contribution < 1.29 is 19.1 Å². The number of allylic oxidation sites excluding steroid dienone is 3. The van der Waals surface area contributed by atoms with Crippen molar-refractivity contribution in [3.8, 4) is 0 Å². The minimum atomic E-state index is -1.26. The topological polar surface area (TPSA) is 52.6 Å². The molecule has 3 aliphatic rings. The SMILES string of the molecule is COC(=O)C1(C(=O)OC)CC2=Cc3c(ccc4ccccc34)[C@@H]3C=CCC[C@H]1[C@H]23. The maximum Gasteiger partial charge on any atom is 0.323 e. The van der Waals surface area contributed by atoms with Crippen LogP contribution in [0, 0.1) is 17.3 Å². The van der Waals surface area contributed by atoms with E-state index >= 15 is 0 Å². The number of carbonyl (C=O) groups is 2. The van der Waals surface area contributed by atoms with E-state index in [0.29, 0.717) is 6.42 Å². The van der Waals surface area contributed by atoms with Crippen molar-refractivity contribution >= 4 is 28.8 Å². The van der Waals surface area contributed by atoms with E-state index < -0.39 is 17.4 Å². The second kappa shape index (κ2) is 6.58. The van der Waals surface area contributed by atoms with E-state index in [4.69, 9.17) is 9.47 Å². The lowest BCUT2D eigenvalue weighted by Crippen LogP contribution is -2.45. The number of esters is 2. The Morgan fingerprint density at radius 2 is 1.79 bits per heavy atom. The van der Waals surface area contributed by atoms with Gasteiger partial charge in [0, 0.05) is 5.92 Å². The molecule has 0 unspecified atom stereocenters. The number of benzene rings is 2. The molecule has 1 fully saturated rings. The fourth-order valence-electron chi connectivity index (χ4n) is 5.97. The van der Waals surface area contributed by atoms with Crippen LogP contribution >= 0.6 is 0 Å². The van der Waals surface area contributed by atoms with Gasteiger partial charge in [0.05, 0.1) is 14.2 Å². The highest BCUT2D eigenvalue weighted by molar-refractivity contribution is 6.02. The first-order valence-electron chi connectivity index (χ1n) is 10.2. The molecule has 2 aromatic rings. The van der Waals surface area contributed by atoms with Crippen molar-refractivity contribution in [3.05, 3.63) is 65.3 Å². The van der Waals surface area contributed by atoms with E-state index in [1.54, 1.807) is 0 Å². The predicted molar refractivity (Wildman–Crippen MR) is 111 cm³/mol. The zero-order valence-corrected chi connectivity index (χ0v) is 16.7. The second-order valence-electron chi connectivity index (χ2n) is 8.30. The van der Waals surface area contributed by atoms with Crippen molar-refractivity contribution in [1.29, 1.82) is 0 Å². The van der Waals surface area contributed by atoms with Gasteiger partial charge in [-0.15, -0.1) is 0 Å². The molecule has 4 nitrogen and oxygen atoms in total. The summed E-state index contributed by atoms with van der Waals surface area (Å²) in [7, 11) is 2.72. The van der Waals surface area contributed by atoms with Gasteiger partial charge in [-0.25, -0.2) is 0 Å². The number of hydrogen-bond donors (Lipinski definition) is 0. The van der Waals surface area contributed by atoms with Gasteiger partial charge in [-0.2, -0.15) is 0 Å². The van der Waals surface area contributed by atoms with Crippen LogP contribution in [0.4, 0.5) is 0 Å². The normalized spacial score (nSPS) is 26.1. The Hall–Kier alpha value is -2.88. The zero-order valence-electron chi connectivity index (χ0n) is 16.7. The molecule has 0 amide bonds. The molecule has 2 aromatic carbocycles. The summed E-state index contributed by atoms with van der Waals surface area (Å²) in [5, 5.41) is 2.40. The van der Waals surface area contributed by atoms with Crippen molar-refractivity contribution in [3.63, 3.8) is 0 Å². The Morgan fingerprint density at radius 1 is 1.03 bits per heavy atom. The molecule has 0 N–H and O–H groups in total. The van der Waals surface area contributed by atoms with Gasteiger partial charge in [0.15, 0.2) is 5.41 Å². The van der Waals surface area contributed by atoms with E-state index in [1.165, 1.54) is 36.1 Å². The summed E-state index contributed by atoms with van der Waals surface area (Å²) in [6.45, 7) is 0. The van der Waals surface area contributed by atoms with Crippen LogP contribution in [0.25, 0.3) is 16.8 Å². The van der Waals surface area contributed by atoms with Crippen LogP contribution in [-0.2, 0) is 19.1 Å². The molecule has 0 radical (unpaired) electrons. The van der Waals surface area contributed by atoms with Gasteiger partial charge in [-0.1, -0.05) is 60.2 Å². The van der Waals surface area contributed by atoms with Crippen LogP contribution in [-0.4, -0.2) is 26.2 Å². The fourth-order valence-corrected chi connectivity index (χ4v) is 5.97. The maximum absolute atomic E-state index is 13.0. The van der Waals surface area contributed by atoms with Crippen LogP contribution in [0.5, 0.6) is 0 Å². The lowest BCUT2D eigenvalue weighted by atomic mass is 9.68. The standard InChI is InChI=1S/C25H24O4/c1-28-23(26)25(24(27)29-2)14-16-13-20-17-8-4-3-7-15(17)11-12-18(20)19-9-5-6-10-21(25)22(16)19/h3-5,7-9,11-13,19,21-22H,6,10,14H2,1-2H3/t19-,21-,22+/m0/s1. The first-order chi connectivity index (χ1) is 14.1. The van der Waals surface area contributed by atoms with Crippen molar-refractivity contribution in [1.82, 2.24) is 0 Å². The smallest absolute Gasteiger partial charge is 0.323 e. The molecule has 29 heavy (non-hydrogen) atoms. The van der Waals surface area contributed by atoms with Crippen molar-refractivity contribution in [2.75, 3.05) is 14.2 Å². The molecular formula is C25H24O4. The first-order valence-corrected chi connectivity index (χ1v) is 10.2. The summed E-state index contributed by atoms with van der Waals surface area (Å²) in [6, 6.07) is 12.7. The number of fused-ring (bicyclic) bond motifs is 4. The lowest BCUT2D eigenvalue weighted by Gasteiger charge is -2.35. The van der Waals surface area contributed by atoms with E-state index in [0.717, 1.165) is 18.4 Å². The van der Waals surface area contributed by atoms with Crippen LogP contribution in [0.15, 0.2) is 54.1 Å². The average molecular weight is 388 g/mol. The molecule has 0 spiro atoms. The van der Waals surface area contributed by atoms with Crippen LogP contribution in [0.2, 0.25) is 0 Å². The maximum atomic E-state index is 13.0. The van der Waals surface area contributed by atoms with Gasteiger partial charge in [0.1, 0.15) is 0 Å².